The maximum Gasteiger partial charge on any atom is 0.338 e. The maximum atomic E-state index is 13.8. The molecular formula is C30H27ClN2O5S. The third kappa shape index (κ3) is 5.48. The first-order valence-corrected chi connectivity index (χ1v) is 13.8. The molecule has 9 heteroatoms. The van der Waals surface area contributed by atoms with Gasteiger partial charge in [0.15, 0.2) is 4.80 Å². The molecule has 200 valence electrons. The average molecular weight is 563 g/mol. The Labute approximate surface area is 234 Å². The van der Waals surface area contributed by atoms with Crippen LogP contribution < -0.4 is 19.6 Å². The molecule has 0 amide bonds. The summed E-state index contributed by atoms with van der Waals surface area (Å²) in [6.07, 6.45) is 1.38. The van der Waals surface area contributed by atoms with Crippen LogP contribution in [0.3, 0.4) is 0 Å². The summed E-state index contributed by atoms with van der Waals surface area (Å²) in [4.78, 5) is 32.2. The molecule has 2 aromatic heterocycles. The first-order valence-electron chi connectivity index (χ1n) is 12.6. The van der Waals surface area contributed by atoms with E-state index in [0.717, 1.165) is 11.1 Å². The number of carbonyl (C=O) groups excluding carboxylic acids is 1. The first-order chi connectivity index (χ1) is 18.7. The van der Waals surface area contributed by atoms with Gasteiger partial charge in [-0.3, -0.25) is 9.36 Å². The Morgan fingerprint density at radius 3 is 2.51 bits per heavy atom. The monoisotopic (exact) mass is 562 g/mol. The number of hydrogen-bond acceptors (Lipinski definition) is 7. The van der Waals surface area contributed by atoms with Crippen LogP contribution >= 0.6 is 22.9 Å². The lowest BCUT2D eigenvalue weighted by Crippen LogP contribution is -2.40. The molecule has 0 N–H and O–H groups in total. The van der Waals surface area contributed by atoms with Crippen molar-refractivity contribution >= 4 is 35.0 Å². The smallest absolute Gasteiger partial charge is 0.338 e. The lowest BCUT2D eigenvalue weighted by Gasteiger charge is -2.25. The molecule has 0 radical (unpaired) electrons. The number of fused-ring (bicyclic) bond motifs is 1. The maximum absolute atomic E-state index is 13.8. The van der Waals surface area contributed by atoms with Crippen LogP contribution in [-0.4, -0.2) is 23.2 Å². The fourth-order valence-corrected chi connectivity index (χ4v) is 5.57. The Balaban J connectivity index is 1.61. The molecular weight excluding hydrogens is 536 g/mol. The zero-order valence-electron chi connectivity index (χ0n) is 21.9. The van der Waals surface area contributed by atoms with E-state index in [2.05, 4.69) is 4.99 Å². The van der Waals surface area contributed by atoms with E-state index in [4.69, 9.17) is 25.5 Å². The van der Waals surface area contributed by atoms with E-state index in [1.165, 1.54) is 11.3 Å². The van der Waals surface area contributed by atoms with Gasteiger partial charge in [0.25, 0.3) is 5.56 Å². The van der Waals surface area contributed by atoms with Crippen LogP contribution in [-0.2, 0) is 9.53 Å². The number of nitrogens with zero attached hydrogens (tertiary/aromatic N) is 2. The van der Waals surface area contributed by atoms with Gasteiger partial charge in [-0.25, -0.2) is 9.79 Å². The van der Waals surface area contributed by atoms with Gasteiger partial charge in [-0.05, 0) is 81.8 Å². The van der Waals surface area contributed by atoms with Crippen molar-refractivity contribution < 1.29 is 18.7 Å². The van der Waals surface area contributed by atoms with Gasteiger partial charge in [-0.2, -0.15) is 0 Å². The van der Waals surface area contributed by atoms with Crippen molar-refractivity contribution in [1.82, 2.24) is 4.57 Å². The van der Waals surface area contributed by atoms with Crippen LogP contribution in [0.5, 0.6) is 5.75 Å². The second kappa shape index (κ2) is 11.1. The van der Waals surface area contributed by atoms with Crippen LogP contribution in [0.25, 0.3) is 17.4 Å². The number of hydrogen-bond donors (Lipinski definition) is 0. The van der Waals surface area contributed by atoms with Crippen molar-refractivity contribution in [2.75, 3.05) is 6.61 Å². The molecule has 3 heterocycles. The summed E-state index contributed by atoms with van der Waals surface area (Å²) in [5, 5.41) is 0.640. The molecule has 0 saturated heterocycles. The minimum atomic E-state index is -0.702. The second-order valence-electron chi connectivity index (χ2n) is 9.25. The minimum absolute atomic E-state index is 0.274. The van der Waals surface area contributed by atoms with E-state index in [9.17, 15) is 9.59 Å². The van der Waals surface area contributed by atoms with E-state index in [-0.39, 0.29) is 11.7 Å². The van der Waals surface area contributed by atoms with Crippen LogP contribution in [0.4, 0.5) is 0 Å². The quantitative estimate of drug-likeness (QED) is 0.278. The highest BCUT2D eigenvalue weighted by Gasteiger charge is 2.33. The summed E-state index contributed by atoms with van der Waals surface area (Å²) in [5.41, 5.74) is 2.19. The molecule has 0 bridgehead atoms. The van der Waals surface area contributed by atoms with Crippen molar-refractivity contribution in [2.45, 2.75) is 39.8 Å². The zero-order valence-corrected chi connectivity index (χ0v) is 23.5. The summed E-state index contributed by atoms with van der Waals surface area (Å²) in [6.45, 7) is 7.79. The van der Waals surface area contributed by atoms with E-state index >= 15 is 0 Å². The van der Waals surface area contributed by atoms with Gasteiger partial charge in [-0.1, -0.05) is 35.1 Å². The highest BCUT2D eigenvalue weighted by molar-refractivity contribution is 7.07. The number of furan rings is 1. The number of thiazole rings is 1. The number of rotatable bonds is 7. The SMILES string of the molecule is CCOc1ccc([C@H]2C(C(=O)OC(C)C)=C(C)N=c3s/c(=C/c4ccc(-c5ccc(Cl)cc5)o4)c(=O)n32)cc1. The van der Waals surface area contributed by atoms with Gasteiger partial charge in [0.05, 0.1) is 34.6 Å². The molecule has 0 aliphatic carbocycles. The van der Waals surface area contributed by atoms with Crippen LogP contribution in [0.15, 0.2) is 86.1 Å². The highest BCUT2D eigenvalue weighted by atomic mass is 35.5. The molecule has 0 fully saturated rings. The van der Waals surface area contributed by atoms with Gasteiger partial charge in [0.1, 0.15) is 17.3 Å². The van der Waals surface area contributed by atoms with Gasteiger partial charge < -0.3 is 13.9 Å². The molecule has 1 atom stereocenters. The van der Waals surface area contributed by atoms with Crippen LogP contribution in [0.1, 0.15) is 45.1 Å². The molecule has 0 saturated carbocycles. The number of ether oxygens (including phenoxy) is 2. The molecule has 5 rings (SSSR count). The number of allylic oxidation sites excluding steroid dienone is 1. The van der Waals surface area contributed by atoms with Crippen molar-refractivity contribution in [1.29, 1.82) is 0 Å². The number of esters is 1. The Morgan fingerprint density at radius 1 is 1.13 bits per heavy atom. The third-order valence-electron chi connectivity index (χ3n) is 6.12. The summed E-state index contributed by atoms with van der Waals surface area (Å²) in [5.74, 6) is 1.39. The highest BCUT2D eigenvalue weighted by Crippen LogP contribution is 2.32. The fraction of sp³-hybridized carbons (Fsp3) is 0.233. The summed E-state index contributed by atoms with van der Waals surface area (Å²) in [7, 11) is 0. The summed E-state index contributed by atoms with van der Waals surface area (Å²) >= 11 is 7.25. The average Bonchev–Trinajstić information content (AvgIpc) is 3.48. The molecule has 39 heavy (non-hydrogen) atoms. The third-order valence-corrected chi connectivity index (χ3v) is 7.35. The Bertz CT molecular complexity index is 1730. The van der Waals surface area contributed by atoms with E-state index in [1.54, 1.807) is 43.5 Å². The topological polar surface area (TPSA) is 83.0 Å². The molecule has 0 unspecified atom stereocenters. The molecule has 1 aliphatic heterocycles. The standard InChI is InChI=1S/C30H27ClN2O5S/c1-5-36-22-12-8-20(9-13-22)27-26(29(35)37-17(2)3)18(4)32-30-33(27)28(34)25(39-30)16-23-14-15-24(38-23)19-6-10-21(31)11-7-19/h6-17,27H,5H2,1-4H3/b25-16+/t27-/m0/s1. The Kier molecular flexibility index (Phi) is 7.59. The lowest BCUT2D eigenvalue weighted by atomic mass is 9.96. The van der Waals surface area contributed by atoms with Crippen LogP contribution in [0, 0.1) is 0 Å². The number of aromatic nitrogens is 1. The zero-order chi connectivity index (χ0) is 27.7. The molecule has 4 aromatic rings. The van der Waals surface area contributed by atoms with E-state index < -0.39 is 12.0 Å². The Morgan fingerprint density at radius 2 is 1.85 bits per heavy atom. The molecule has 2 aromatic carbocycles. The van der Waals surface area contributed by atoms with Crippen molar-refractivity contribution in [3.05, 3.63) is 108 Å². The molecule has 7 nitrogen and oxygen atoms in total. The van der Waals surface area contributed by atoms with Crippen molar-refractivity contribution in [2.24, 2.45) is 4.99 Å². The predicted octanol–water partition coefficient (Wildman–Crippen LogP) is 5.50. The molecule has 0 spiro atoms. The second-order valence-corrected chi connectivity index (χ2v) is 10.7. The van der Waals surface area contributed by atoms with E-state index in [1.807, 2.05) is 55.5 Å². The van der Waals surface area contributed by atoms with E-state index in [0.29, 0.717) is 49.5 Å². The van der Waals surface area contributed by atoms with Gasteiger partial charge >= 0.3 is 5.97 Å². The summed E-state index contributed by atoms with van der Waals surface area (Å²) in [6, 6.07) is 17.7. The number of carbonyl (C=O) groups is 1. The fourth-order valence-electron chi connectivity index (χ4n) is 4.42. The minimum Gasteiger partial charge on any atom is -0.494 e. The van der Waals surface area contributed by atoms with Gasteiger partial charge in [-0.15, -0.1) is 0 Å². The first kappa shape index (κ1) is 26.7. The Hall–Kier alpha value is -3.88. The summed E-state index contributed by atoms with van der Waals surface area (Å²) < 4.78 is 19.1. The normalized spacial score (nSPS) is 15.3. The van der Waals surface area contributed by atoms with Crippen molar-refractivity contribution in [3.63, 3.8) is 0 Å². The largest absolute Gasteiger partial charge is 0.494 e. The number of benzene rings is 2. The van der Waals surface area contributed by atoms with Crippen LogP contribution in [0.2, 0.25) is 5.02 Å². The van der Waals surface area contributed by atoms with Gasteiger partial charge in [0, 0.05) is 16.7 Å². The predicted molar refractivity (Wildman–Crippen MR) is 152 cm³/mol. The number of halogens is 1. The lowest BCUT2D eigenvalue weighted by molar-refractivity contribution is -0.143. The van der Waals surface area contributed by atoms with Gasteiger partial charge in [0.2, 0.25) is 0 Å². The molecule has 1 aliphatic rings. The van der Waals surface area contributed by atoms with Crippen molar-refractivity contribution in [3.8, 4) is 17.1 Å².